The molecule has 0 aromatic heterocycles. The number of fused-ring (bicyclic) bond motifs is 9. The van der Waals surface area contributed by atoms with Crippen LogP contribution in [0, 0.1) is 58.2 Å². The molecule has 2 aromatic rings. The van der Waals surface area contributed by atoms with E-state index in [1.54, 1.807) is 0 Å². The lowest BCUT2D eigenvalue weighted by Crippen LogP contribution is -2.68. The molecule has 7 aliphatic rings. The Morgan fingerprint density at radius 2 is 1.62 bits per heavy atom. The van der Waals surface area contributed by atoms with E-state index in [4.69, 9.17) is 0 Å². The van der Waals surface area contributed by atoms with Crippen molar-refractivity contribution in [3.05, 3.63) is 89.0 Å². The highest BCUT2D eigenvalue weighted by molar-refractivity contribution is 5.90. The third kappa shape index (κ3) is 5.74. The van der Waals surface area contributed by atoms with Gasteiger partial charge in [0.15, 0.2) is 0 Å². The van der Waals surface area contributed by atoms with Gasteiger partial charge in [-0.3, -0.25) is 9.80 Å². The second-order valence-corrected chi connectivity index (χ2v) is 21.6. The molecule has 11 atom stereocenters. The highest BCUT2D eigenvalue weighted by atomic mass is 16.4. The van der Waals surface area contributed by atoms with Gasteiger partial charge >= 0.3 is 5.97 Å². The van der Waals surface area contributed by atoms with Crippen LogP contribution in [0.2, 0.25) is 0 Å². The maximum Gasteiger partial charge on any atom is 0.335 e. The highest BCUT2D eigenvalue weighted by Gasteiger charge is 2.70. The number of hydrogen-bond acceptors (Lipinski definition) is 4. The first kappa shape index (κ1) is 38.8. The maximum atomic E-state index is 11.8. The Hall–Kier alpha value is -2.73. The van der Waals surface area contributed by atoms with E-state index in [1.807, 2.05) is 13.0 Å². The molecule has 4 saturated carbocycles. The maximum absolute atomic E-state index is 11.8. The number of carboxylic acid groups (broad SMARTS) is 1. The van der Waals surface area contributed by atoms with Gasteiger partial charge in [0.2, 0.25) is 0 Å². The van der Waals surface area contributed by atoms with E-state index >= 15 is 0 Å². The Morgan fingerprint density at radius 3 is 2.32 bits per heavy atom. The van der Waals surface area contributed by atoms with Crippen molar-refractivity contribution in [3.8, 4) is 0 Å². The molecular formula is C51H71N3O2. The van der Waals surface area contributed by atoms with Crippen LogP contribution in [0.25, 0.3) is 5.57 Å². The number of rotatable bonds is 9. The first-order valence-corrected chi connectivity index (χ1v) is 22.6. The molecule has 5 nitrogen and oxygen atoms in total. The van der Waals surface area contributed by atoms with Crippen molar-refractivity contribution in [2.75, 3.05) is 26.2 Å². The van der Waals surface area contributed by atoms with Gasteiger partial charge in [0.05, 0.1) is 5.56 Å². The van der Waals surface area contributed by atoms with Gasteiger partial charge in [-0.15, -0.1) is 0 Å². The second kappa shape index (κ2) is 13.7. The minimum absolute atomic E-state index is 0.0282. The smallest absolute Gasteiger partial charge is 0.335 e. The van der Waals surface area contributed by atoms with Crippen LogP contribution in [0.3, 0.4) is 0 Å². The molecule has 1 unspecified atom stereocenters. The fourth-order valence-corrected chi connectivity index (χ4v) is 16.2. The van der Waals surface area contributed by atoms with Crippen LogP contribution in [0.5, 0.6) is 0 Å². The summed E-state index contributed by atoms with van der Waals surface area (Å²) in [7, 11) is 0. The predicted octanol–water partition coefficient (Wildman–Crippen LogP) is 10.6. The number of piperazine rings is 1. The summed E-state index contributed by atoms with van der Waals surface area (Å²) in [5.41, 5.74) is 7.97. The highest BCUT2D eigenvalue weighted by Crippen LogP contribution is 2.76. The number of aromatic carboxylic acids is 1. The van der Waals surface area contributed by atoms with Crippen molar-refractivity contribution in [1.82, 2.24) is 15.1 Å². The number of likely N-dealkylation sites (tertiary alicyclic amines) is 2. The van der Waals surface area contributed by atoms with Crippen molar-refractivity contribution >= 4 is 11.5 Å². The molecule has 2 heterocycles. The fraction of sp³-hybridized carbons (Fsp3) is 0.667. The molecule has 2 aromatic carbocycles. The average Bonchev–Trinajstić information content (AvgIpc) is 3.85. The largest absolute Gasteiger partial charge is 0.478 e. The molecule has 9 rings (SSSR count). The Balaban J connectivity index is 0.923. The molecule has 302 valence electrons. The number of carboxylic acids is 1. The Kier molecular flexibility index (Phi) is 9.46. The minimum atomic E-state index is -0.836. The SMILES string of the molecule is C=C(C)[C@@H]1CC[C@]2(NCCN3C[C@@H]4C[C@H]3CN4Cc3ccccc3)CC[C@]3(C)[C@H](CC[C@@H]4[C@@]5(C)CC=C(c6ccc(C(=O)O)c(C)c6)C(C)(C)[C@@H]5CC[C@]43C)C12. The molecule has 2 aliphatic heterocycles. The van der Waals surface area contributed by atoms with E-state index in [9.17, 15) is 9.90 Å². The molecule has 5 heteroatoms. The quantitative estimate of drug-likeness (QED) is 0.250. The van der Waals surface area contributed by atoms with E-state index in [2.05, 4.69) is 112 Å². The lowest BCUT2D eigenvalue weighted by Gasteiger charge is -2.72. The van der Waals surface area contributed by atoms with E-state index in [1.165, 1.54) is 99.7 Å². The van der Waals surface area contributed by atoms with E-state index in [0.717, 1.165) is 31.0 Å². The molecule has 6 fully saturated rings. The van der Waals surface area contributed by atoms with E-state index < -0.39 is 5.97 Å². The number of allylic oxidation sites excluding steroid dienone is 3. The number of nitrogens with one attached hydrogen (secondary N) is 1. The summed E-state index contributed by atoms with van der Waals surface area (Å²) in [6.45, 7) is 28.1. The standard InChI is InChI=1S/C51H71N3O2/c1-33(2)39-18-23-51(52-26-27-53-31-38-29-37(53)32-54(38)30-35-12-10-9-11-13-35)25-24-49(7)42(45(39)51)16-17-44-48(6)21-19-41(36-14-15-40(46(55)56)34(3)28-36)47(4,5)43(48)20-22-50(44,49)8/h9-15,19,28,37-39,42-45,52H,1,16-18,20-27,29-32H2,2-8H3,(H,55,56)/t37-,38-,39-,42+,43-,44+,45?,48-,49+,50+,51-/m0/s1. The van der Waals surface area contributed by atoms with E-state index in [0.29, 0.717) is 52.1 Å². The predicted molar refractivity (Wildman–Crippen MR) is 229 cm³/mol. The zero-order valence-corrected chi connectivity index (χ0v) is 35.8. The summed E-state index contributed by atoms with van der Waals surface area (Å²) >= 11 is 0. The van der Waals surface area contributed by atoms with Gasteiger partial charge in [0, 0.05) is 50.3 Å². The Bertz CT molecular complexity index is 1900. The van der Waals surface area contributed by atoms with Crippen molar-refractivity contribution < 1.29 is 9.90 Å². The molecular weight excluding hydrogens is 687 g/mol. The molecule has 0 amide bonds. The van der Waals surface area contributed by atoms with Crippen LogP contribution < -0.4 is 5.32 Å². The third-order valence-electron chi connectivity index (χ3n) is 19.0. The van der Waals surface area contributed by atoms with Gasteiger partial charge in [0.25, 0.3) is 0 Å². The summed E-state index contributed by atoms with van der Waals surface area (Å²) in [5, 5.41) is 14.1. The Morgan fingerprint density at radius 1 is 0.875 bits per heavy atom. The molecule has 2 N–H and O–H groups in total. The summed E-state index contributed by atoms with van der Waals surface area (Å²) in [5.74, 6) is 2.53. The van der Waals surface area contributed by atoms with Crippen LogP contribution in [0.15, 0.2) is 66.8 Å². The molecule has 56 heavy (non-hydrogen) atoms. The minimum Gasteiger partial charge on any atom is -0.478 e. The van der Waals surface area contributed by atoms with Gasteiger partial charge in [-0.05, 0) is 158 Å². The van der Waals surface area contributed by atoms with Gasteiger partial charge in [0.1, 0.15) is 0 Å². The summed E-state index contributed by atoms with van der Waals surface area (Å²) in [6, 6.07) is 18.5. The van der Waals surface area contributed by atoms with Crippen molar-refractivity contribution in [3.63, 3.8) is 0 Å². The van der Waals surface area contributed by atoms with Crippen LogP contribution >= 0.6 is 0 Å². The molecule has 5 aliphatic carbocycles. The van der Waals surface area contributed by atoms with Crippen LogP contribution in [-0.2, 0) is 6.54 Å². The molecule has 0 spiro atoms. The average molecular weight is 758 g/mol. The summed E-state index contributed by atoms with van der Waals surface area (Å²) in [6.07, 6.45) is 15.6. The summed E-state index contributed by atoms with van der Waals surface area (Å²) in [4.78, 5) is 17.4. The summed E-state index contributed by atoms with van der Waals surface area (Å²) < 4.78 is 0. The van der Waals surface area contributed by atoms with Crippen molar-refractivity contribution in [2.24, 2.45) is 51.2 Å². The van der Waals surface area contributed by atoms with Crippen LogP contribution in [-0.4, -0.2) is 64.7 Å². The Labute approximate surface area is 338 Å². The van der Waals surface area contributed by atoms with E-state index in [-0.39, 0.29) is 16.4 Å². The number of hydrogen-bond donors (Lipinski definition) is 2. The zero-order chi connectivity index (χ0) is 39.4. The van der Waals surface area contributed by atoms with Gasteiger partial charge in [-0.2, -0.15) is 0 Å². The van der Waals surface area contributed by atoms with Crippen molar-refractivity contribution in [2.45, 2.75) is 137 Å². The lowest BCUT2D eigenvalue weighted by molar-refractivity contribution is -0.219. The number of nitrogens with zero attached hydrogens (tertiary/aromatic N) is 2. The second-order valence-electron chi connectivity index (χ2n) is 21.6. The lowest BCUT2D eigenvalue weighted by atomic mass is 9.33. The van der Waals surface area contributed by atoms with Crippen LogP contribution in [0.4, 0.5) is 0 Å². The fourth-order valence-electron chi connectivity index (χ4n) is 16.2. The number of carbonyl (C=O) groups is 1. The van der Waals surface area contributed by atoms with Gasteiger partial charge in [-0.1, -0.05) is 95.3 Å². The van der Waals surface area contributed by atoms with Gasteiger partial charge < -0.3 is 10.4 Å². The topological polar surface area (TPSA) is 55.8 Å². The van der Waals surface area contributed by atoms with Gasteiger partial charge in [-0.25, -0.2) is 4.79 Å². The zero-order valence-electron chi connectivity index (χ0n) is 35.8. The first-order valence-electron chi connectivity index (χ1n) is 22.6. The number of benzene rings is 2. The monoisotopic (exact) mass is 758 g/mol. The normalized spacial score (nSPS) is 41.3. The third-order valence-corrected chi connectivity index (χ3v) is 19.0. The molecule has 2 saturated heterocycles. The number of aryl methyl sites for hydroxylation is 1. The molecule has 2 bridgehead atoms. The first-order chi connectivity index (χ1) is 26.6. The molecule has 0 radical (unpaired) electrons. The van der Waals surface area contributed by atoms with Crippen molar-refractivity contribution in [1.29, 1.82) is 0 Å². The van der Waals surface area contributed by atoms with Crippen LogP contribution in [0.1, 0.15) is 133 Å².